The lowest BCUT2D eigenvalue weighted by atomic mass is 10.0. The summed E-state index contributed by atoms with van der Waals surface area (Å²) in [6, 6.07) is 5.50. The van der Waals surface area contributed by atoms with E-state index < -0.39 is 6.10 Å². The van der Waals surface area contributed by atoms with Crippen LogP contribution in [0.2, 0.25) is 5.02 Å². The first-order valence-electron chi connectivity index (χ1n) is 4.95. The average molecular weight is 225 g/mol. The van der Waals surface area contributed by atoms with Gasteiger partial charge in [-0.25, -0.2) is 0 Å². The number of aryl methyl sites for hydroxylation is 1. The highest BCUT2D eigenvalue weighted by atomic mass is 35.5. The summed E-state index contributed by atoms with van der Waals surface area (Å²) in [7, 11) is 0. The van der Waals surface area contributed by atoms with Gasteiger partial charge in [-0.05, 0) is 36.3 Å². The Kier molecular flexibility index (Phi) is 2.98. The molecule has 15 heavy (non-hydrogen) atoms. The average Bonchev–Trinajstić information content (AvgIpc) is 2.74. The van der Waals surface area contributed by atoms with Crippen molar-refractivity contribution in [2.45, 2.75) is 19.4 Å². The van der Waals surface area contributed by atoms with Crippen molar-refractivity contribution in [3.63, 3.8) is 0 Å². The Hall–Kier alpha value is -0.990. The van der Waals surface area contributed by atoms with Crippen LogP contribution in [-0.4, -0.2) is 11.7 Å². The molecule has 1 heterocycles. The van der Waals surface area contributed by atoms with E-state index in [0.717, 1.165) is 17.5 Å². The van der Waals surface area contributed by atoms with Crippen molar-refractivity contribution in [2.75, 3.05) is 6.61 Å². The van der Waals surface area contributed by atoms with E-state index in [2.05, 4.69) is 0 Å². The topological polar surface area (TPSA) is 29.5 Å². The third kappa shape index (κ3) is 2.16. The molecular formula is C12H13ClO2. The summed E-state index contributed by atoms with van der Waals surface area (Å²) in [4.78, 5) is 0. The molecule has 2 rings (SSSR count). The molecule has 1 atom stereocenters. The molecule has 1 aromatic rings. The Labute approximate surface area is 94.1 Å². The maximum absolute atomic E-state index is 10.1. The van der Waals surface area contributed by atoms with Crippen LogP contribution < -0.4 is 0 Å². The molecule has 0 spiro atoms. The fourth-order valence-electron chi connectivity index (χ4n) is 1.69. The van der Waals surface area contributed by atoms with E-state index >= 15 is 0 Å². The third-order valence-electron chi connectivity index (χ3n) is 2.54. The number of halogens is 1. The molecule has 2 nitrogen and oxygen atoms in total. The van der Waals surface area contributed by atoms with Crippen molar-refractivity contribution in [2.24, 2.45) is 0 Å². The van der Waals surface area contributed by atoms with E-state index in [9.17, 15) is 5.11 Å². The number of hydrogen-bond acceptors (Lipinski definition) is 2. The number of aliphatic hydroxyl groups excluding tert-OH is 1. The standard InChI is InChI=1S/C12H13ClO2/c1-8-4-5-9(13)7-10(8)12(14)11-3-2-6-15-11/h3-5,7,12,14H,2,6H2,1H3. The highest BCUT2D eigenvalue weighted by Gasteiger charge is 2.19. The van der Waals surface area contributed by atoms with Gasteiger partial charge in [0.1, 0.15) is 11.9 Å². The molecule has 1 aliphatic rings. The second kappa shape index (κ2) is 4.25. The molecule has 0 bridgehead atoms. The van der Waals surface area contributed by atoms with Gasteiger partial charge in [-0.1, -0.05) is 17.7 Å². The summed E-state index contributed by atoms with van der Waals surface area (Å²) < 4.78 is 5.33. The Morgan fingerprint density at radius 1 is 1.47 bits per heavy atom. The monoisotopic (exact) mass is 224 g/mol. The fraction of sp³-hybridized carbons (Fsp3) is 0.333. The van der Waals surface area contributed by atoms with Crippen LogP contribution in [0.3, 0.4) is 0 Å². The molecule has 0 radical (unpaired) electrons. The lowest BCUT2D eigenvalue weighted by Gasteiger charge is -2.15. The predicted octanol–water partition coefficient (Wildman–Crippen LogP) is 2.99. The fourth-order valence-corrected chi connectivity index (χ4v) is 1.87. The van der Waals surface area contributed by atoms with Crippen LogP contribution in [-0.2, 0) is 4.74 Å². The molecule has 3 heteroatoms. The summed E-state index contributed by atoms with van der Waals surface area (Å²) >= 11 is 5.90. The van der Waals surface area contributed by atoms with E-state index in [4.69, 9.17) is 16.3 Å². The van der Waals surface area contributed by atoms with Gasteiger partial charge in [0, 0.05) is 11.4 Å². The summed E-state index contributed by atoms with van der Waals surface area (Å²) in [6.45, 7) is 2.61. The largest absolute Gasteiger partial charge is 0.495 e. The molecule has 1 N–H and O–H groups in total. The van der Waals surface area contributed by atoms with Crippen molar-refractivity contribution in [1.29, 1.82) is 0 Å². The van der Waals surface area contributed by atoms with Gasteiger partial charge in [0.15, 0.2) is 0 Å². The normalized spacial score (nSPS) is 17.1. The molecule has 1 aliphatic heterocycles. The van der Waals surface area contributed by atoms with Crippen molar-refractivity contribution in [1.82, 2.24) is 0 Å². The maximum Gasteiger partial charge on any atom is 0.136 e. The second-order valence-corrected chi connectivity index (χ2v) is 4.08. The molecule has 1 aromatic carbocycles. The smallest absolute Gasteiger partial charge is 0.136 e. The van der Waals surface area contributed by atoms with Gasteiger partial charge in [0.2, 0.25) is 0 Å². The van der Waals surface area contributed by atoms with Crippen molar-refractivity contribution < 1.29 is 9.84 Å². The van der Waals surface area contributed by atoms with Crippen molar-refractivity contribution >= 4 is 11.6 Å². The maximum atomic E-state index is 10.1. The third-order valence-corrected chi connectivity index (χ3v) is 2.77. The number of hydrogen-bond donors (Lipinski definition) is 1. The van der Waals surface area contributed by atoms with Crippen LogP contribution in [0.5, 0.6) is 0 Å². The Bertz CT molecular complexity index is 399. The quantitative estimate of drug-likeness (QED) is 0.837. The molecule has 0 saturated carbocycles. The van der Waals surface area contributed by atoms with E-state index in [1.165, 1.54) is 0 Å². The zero-order valence-corrected chi connectivity index (χ0v) is 9.29. The first-order chi connectivity index (χ1) is 7.18. The number of ether oxygens (including phenoxy) is 1. The van der Waals surface area contributed by atoms with Crippen LogP contribution in [0, 0.1) is 6.92 Å². The Balaban J connectivity index is 2.31. The van der Waals surface area contributed by atoms with Gasteiger partial charge in [-0.2, -0.15) is 0 Å². The van der Waals surface area contributed by atoms with Gasteiger partial charge in [-0.3, -0.25) is 0 Å². The zero-order valence-electron chi connectivity index (χ0n) is 8.53. The van der Waals surface area contributed by atoms with Crippen LogP contribution in [0.15, 0.2) is 30.0 Å². The Morgan fingerprint density at radius 2 is 2.27 bits per heavy atom. The summed E-state index contributed by atoms with van der Waals surface area (Å²) in [5.74, 6) is 0.639. The number of benzene rings is 1. The highest BCUT2D eigenvalue weighted by Crippen LogP contribution is 2.29. The molecule has 0 amide bonds. The molecule has 0 fully saturated rings. The summed E-state index contributed by atoms with van der Waals surface area (Å²) in [5.41, 5.74) is 1.83. The highest BCUT2D eigenvalue weighted by molar-refractivity contribution is 6.30. The minimum atomic E-state index is -0.689. The van der Waals surface area contributed by atoms with E-state index in [-0.39, 0.29) is 0 Å². The first kappa shape index (κ1) is 10.5. The minimum absolute atomic E-state index is 0.633. The number of rotatable bonds is 2. The summed E-state index contributed by atoms with van der Waals surface area (Å²) in [5, 5.41) is 10.7. The predicted molar refractivity (Wildman–Crippen MR) is 59.8 cm³/mol. The first-order valence-corrected chi connectivity index (χ1v) is 5.33. The van der Waals surface area contributed by atoms with Gasteiger partial charge in [0.05, 0.1) is 6.61 Å². The van der Waals surface area contributed by atoms with Crippen LogP contribution in [0.4, 0.5) is 0 Å². The van der Waals surface area contributed by atoms with Crippen LogP contribution >= 0.6 is 11.6 Å². The minimum Gasteiger partial charge on any atom is -0.495 e. The van der Waals surface area contributed by atoms with Gasteiger partial charge >= 0.3 is 0 Å². The second-order valence-electron chi connectivity index (χ2n) is 3.65. The molecule has 0 saturated heterocycles. The van der Waals surface area contributed by atoms with E-state index in [1.54, 1.807) is 6.07 Å². The lowest BCUT2D eigenvalue weighted by Crippen LogP contribution is -2.04. The Morgan fingerprint density at radius 3 is 2.93 bits per heavy atom. The van der Waals surface area contributed by atoms with Crippen LogP contribution in [0.25, 0.3) is 0 Å². The molecule has 0 aromatic heterocycles. The lowest BCUT2D eigenvalue weighted by molar-refractivity contribution is 0.118. The van der Waals surface area contributed by atoms with E-state index in [1.807, 2.05) is 25.1 Å². The van der Waals surface area contributed by atoms with E-state index in [0.29, 0.717) is 17.4 Å². The van der Waals surface area contributed by atoms with Crippen molar-refractivity contribution in [3.05, 3.63) is 46.2 Å². The van der Waals surface area contributed by atoms with Gasteiger partial charge < -0.3 is 9.84 Å². The molecule has 1 unspecified atom stereocenters. The molecule has 0 aliphatic carbocycles. The summed E-state index contributed by atoms with van der Waals surface area (Å²) in [6.07, 6.45) is 2.10. The van der Waals surface area contributed by atoms with Crippen molar-refractivity contribution in [3.8, 4) is 0 Å². The van der Waals surface area contributed by atoms with Gasteiger partial charge in [-0.15, -0.1) is 0 Å². The molecule has 80 valence electrons. The SMILES string of the molecule is Cc1ccc(Cl)cc1C(O)C1=CCCO1. The molecular weight excluding hydrogens is 212 g/mol. The number of aliphatic hydroxyl groups is 1. The van der Waals surface area contributed by atoms with Crippen LogP contribution in [0.1, 0.15) is 23.7 Å². The van der Waals surface area contributed by atoms with Gasteiger partial charge in [0.25, 0.3) is 0 Å². The zero-order chi connectivity index (χ0) is 10.8.